The van der Waals surface area contributed by atoms with E-state index in [1.807, 2.05) is 54.6 Å². The van der Waals surface area contributed by atoms with E-state index in [1.54, 1.807) is 14.2 Å². The van der Waals surface area contributed by atoms with Crippen molar-refractivity contribution < 1.29 is 9.47 Å². The van der Waals surface area contributed by atoms with Crippen LogP contribution in [0.15, 0.2) is 54.6 Å². The second-order valence-electron chi connectivity index (χ2n) is 6.12. The van der Waals surface area contributed by atoms with Crippen LogP contribution < -0.4 is 9.47 Å². The van der Waals surface area contributed by atoms with Gasteiger partial charge < -0.3 is 19.4 Å². The SMILES string of the molecule is COc1ccc(-c2cc(-c3ccccc3)c3c(=S)[nH]c(=S)[nH]c3n2)cc1OC. The molecule has 0 bridgehead atoms. The van der Waals surface area contributed by atoms with Gasteiger partial charge in [0.2, 0.25) is 0 Å². The molecule has 0 unspecified atom stereocenters. The molecule has 0 aliphatic heterocycles. The number of nitrogens with one attached hydrogen (secondary N) is 2. The van der Waals surface area contributed by atoms with E-state index in [1.165, 1.54) is 0 Å². The van der Waals surface area contributed by atoms with E-state index in [-0.39, 0.29) is 0 Å². The second kappa shape index (κ2) is 7.53. The molecule has 7 heteroatoms. The Morgan fingerprint density at radius 1 is 0.821 bits per heavy atom. The Hall–Kier alpha value is -3.03. The number of benzene rings is 2. The highest BCUT2D eigenvalue weighted by atomic mass is 32.1. The molecule has 0 aliphatic carbocycles. The maximum Gasteiger partial charge on any atom is 0.177 e. The molecular weight excluding hydrogens is 390 g/mol. The number of rotatable bonds is 4. The van der Waals surface area contributed by atoms with Gasteiger partial charge in [-0.2, -0.15) is 0 Å². The maximum absolute atomic E-state index is 5.54. The van der Waals surface area contributed by atoms with Gasteiger partial charge in [-0.25, -0.2) is 4.98 Å². The smallest absolute Gasteiger partial charge is 0.177 e. The third-order valence-electron chi connectivity index (χ3n) is 4.47. The number of ether oxygens (including phenoxy) is 2. The zero-order valence-electron chi connectivity index (χ0n) is 15.3. The minimum absolute atomic E-state index is 0.438. The first kappa shape index (κ1) is 18.3. The van der Waals surface area contributed by atoms with Crippen molar-refractivity contribution >= 4 is 35.5 Å². The van der Waals surface area contributed by atoms with Gasteiger partial charge in [0.05, 0.1) is 25.3 Å². The number of aromatic amines is 2. The molecule has 0 spiro atoms. The van der Waals surface area contributed by atoms with Crippen molar-refractivity contribution in [2.75, 3.05) is 14.2 Å². The molecule has 0 amide bonds. The zero-order valence-corrected chi connectivity index (χ0v) is 16.9. The summed E-state index contributed by atoms with van der Waals surface area (Å²) in [6, 6.07) is 17.8. The molecule has 140 valence electrons. The standard InChI is InChI=1S/C21H17N3O2S2/c1-25-16-9-8-13(10-17(16)26-2)15-11-14(12-6-4-3-5-7-12)18-19(22-15)23-21(28)24-20(18)27/h3-11H,1-2H3,(H2,22,23,24,27,28). The average Bonchev–Trinajstić information content (AvgIpc) is 2.72. The van der Waals surface area contributed by atoms with Crippen LogP contribution in [0, 0.1) is 9.41 Å². The minimum Gasteiger partial charge on any atom is -0.493 e. The molecule has 0 aliphatic rings. The van der Waals surface area contributed by atoms with E-state index in [9.17, 15) is 0 Å². The number of nitrogens with zero attached hydrogens (tertiary/aromatic N) is 1. The van der Waals surface area contributed by atoms with Crippen LogP contribution in [-0.4, -0.2) is 29.2 Å². The predicted octanol–water partition coefficient (Wildman–Crippen LogP) is 5.70. The lowest BCUT2D eigenvalue weighted by molar-refractivity contribution is 0.355. The number of H-pyrrole nitrogens is 2. The normalized spacial score (nSPS) is 10.8. The Balaban J connectivity index is 2.04. The van der Waals surface area contributed by atoms with E-state index in [4.69, 9.17) is 38.9 Å². The molecule has 4 rings (SSSR count). The lowest BCUT2D eigenvalue weighted by Gasteiger charge is -2.12. The molecule has 2 aromatic carbocycles. The van der Waals surface area contributed by atoms with Crippen LogP contribution in [0.25, 0.3) is 33.4 Å². The van der Waals surface area contributed by atoms with Gasteiger partial charge >= 0.3 is 0 Å². The quantitative estimate of drug-likeness (QED) is 0.425. The first-order chi connectivity index (χ1) is 13.6. The van der Waals surface area contributed by atoms with E-state index in [0.29, 0.717) is 26.6 Å². The molecule has 0 atom stereocenters. The third-order valence-corrected chi connectivity index (χ3v) is 4.98. The fourth-order valence-corrected chi connectivity index (χ4v) is 3.73. The monoisotopic (exact) mass is 407 g/mol. The van der Waals surface area contributed by atoms with Gasteiger partial charge in [0.1, 0.15) is 10.3 Å². The molecule has 2 aromatic heterocycles. The number of fused-ring (bicyclic) bond motifs is 1. The summed E-state index contributed by atoms with van der Waals surface area (Å²) in [7, 11) is 3.22. The van der Waals surface area contributed by atoms with E-state index < -0.39 is 0 Å². The molecule has 5 nitrogen and oxygen atoms in total. The van der Waals surface area contributed by atoms with Crippen LogP contribution in [-0.2, 0) is 0 Å². The lowest BCUT2D eigenvalue weighted by atomic mass is 10.0. The highest BCUT2D eigenvalue weighted by molar-refractivity contribution is 7.72. The molecule has 2 N–H and O–H groups in total. The molecule has 28 heavy (non-hydrogen) atoms. The van der Waals surface area contributed by atoms with Crippen molar-refractivity contribution in [1.29, 1.82) is 0 Å². The summed E-state index contributed by atoms with van der Waals surface area (Å²) in [5, 5.41) is 0.832. The number of aromatic nitrogens is 3. The van der Waals surface area contributed by atoms with Crippen LogP contribution in [0.1, 0.15) is 0 Å². The van der Waals surface area contributed by atoms with Crippen molar-refractivity contribution in [1.82, 2.24) is 15.0 Å². The third kappa shape index (κ3) is 3.30. The van der Waals surface area contributed by atoms with E-state index in [2.05, 4.69) is 9.97 Å². The molecular formula is C21H17N3O2S2. The lowest BCUT2D eigenvalue weighted by Crippen LogP contribution is -1.96. The second-order valence-corrected chi connectivity index (χ2v) is 6.94. The Morgan fingerprint density at radius 2 is 1.57 bits per heavy atom. The van der Waals surface area contributed by atoms with E-state index in [0.717, 1.165) is 27.8 Å². The molecule has 2 heterocycles. The number of methoxy groups -OCH3 is 2. The Bertz CT molecular complexity index is 1280. The van der Waals surface area contributed by atoms with Crippen molar-refractivity contribution in [2.45, 2.75) is 0 Å². The molecule has 4 aromatic rings. The highest BCUT2D eigenvalue weighted by Crippen LogP contribution is 2.35. The summed E-state index contributed by atoms with van der Waals surface area (Å²) in [6.07, 6.45) is 0. The van der Waals surface area contributed by atoms with Crippen LogP contribution in [0.2, 0.25) is 0 Å². The first-order valence-electron chi connectivity index (χ1n) is 8.56. The Kier molecular flexibility index (Phi) is 4.93. The molecule has 0 saturated carbocycles. The number of hydrogen-bond acceptors (Lipinski definition) is 5. The fraction of sp³-hybridized carbons (Fsp3) is 0.0952. The van der Waals surface area contributed by atoms with Crippen molar-refractivity contribution in [3.8, 4) is 33.9 Å². The Morgan fingerprint density at radius 3 is 2.29 bits per heavy atom. The van der Waals surface area contributed by atoms with Gasteiger partial charge in [0.15, 0.2) is 16.3 Å². The van der Waals surface area contributed by atoms with Gasteiger partial charge in [-0.05, 0) is 47.6 Å². The van der Waals surface area contributed by atoms with Crippen LogP contribution >= 0.6 is 24.4 Å². The van der Waals surface area contributed by atoms with Crippen molar-refractivity contribution in [2.24, 2.45) is 0 Å². The summed E-state index contributed by atoms with van der Waals surface area (Å²) in [6.45, 7) is 0. The van der Waals surface area contributed by atoms with Gasteiger partial charge in [-0.1, -0.05) is 42.5 Å². The van der Waals surface area contributed by atoms with Crippen molar-refractivity contribution in [3.63, 3.8) is 0 Å². The summed E-state index contributed by atoms with van der Waals surface area (Å²) < 4.78 is 11.8. The van der Waals surface area contributed by atoms with Crippen LogP contribution in [0.4, 0.5) is 0 Å². The van der Waals surface area contributed by atoms with Crippen molar-refractivity contribution in [3.05, 3.63) is 64.0 Å². The predicted molar refractivity (Wildman–Crippen MR) is 116 cm³/mol. The topological polar surface area (TPSA) is 62.9 Å². The Labute approximate surface area is 172 Å². The molecule has 0 fully saturated rings. The van der Waals surface area contributed by atoms with Crippen LogP contribution in [0.3, 0.4) is 0 Å². The summed E-state index contributed by atoms with van der Waals surface area (Å²) in [5.41, 5.74) is 4.33. The van der Waals surface area contributed by atoms with Gasteiger partial charge in [0, 0.05) is 5.56 Å². The average molecular weight is 408 g/mol. The van der Waals surface area contributed by atoms with Gasteiger partial charge in [-0.15, -0.1) is 0 Å². The fourth-order valence-electron chi connectivity index (χ4n) is 3.16. The van der Waals surface area contributed by atoms with E-state index >= 15 is 0 Å². The first-order valence-corrected chi connectivity index (χ1v) is 9.37. The molecule has 0 radical (unpaired) electrons. The summed E-state index contributed by atoms with van der Waals surface area (Å²) in [4.78, 5) is 10.9. The summed E-state index contributed by atoms with van der Waals surface area (Å²) in [5.74, 6) is 1.30. The number of hydrogen-bond donors (Lipinski definition) is 2. The largest absolute Gasteiger partial charge is 0.493 e. The minimum atomic E-state index is 0.438. The summed E-state index contributed by atoms with van der Waals surface area (Å²) >= 11 is 10.8. The zero-order chi connectivity index (χ0) is 19.7. The van der Waals surface area contributed by atoms with Gasteiger partial charge in [0.25, 0.3) is 0 Å². The van der Waals surface area contributed by atoms with Gasteiger partial charge in [-0.3, -0.25) is 0 Å². The number of pyridine rings is 1. The highest BCUT2D eigenvalue weighted by Gasteiger charge is 2.13. The maximum atomic E-state index is 5.54. The molecule has 0 saturated heterocycles. The van der Waals surface area contributed by atoms with Crippen LogP contribution in [0.5, 0.6) is 11.5 Å².